The van der Waals surface area contributed by atoms with Crippen LogP contribution in [0.1, 0.15) is 60.3 Å². The molecule has 0 aromatic rings. The van der Waals surface area contributed by atoms with Gasteiger partial charge < -0.3 is 10.1 Å². The molecule has 2 heteroatoms. The molecule has 0 aromatic heterocycles. The molecule has 0 aromatic carbocycles. The van der Waals surface area contributed by atoms with Crippen LogP contribution in [0.5, 0.6) is 0 Å². The minimum atomic E-state index is 0.391. The van der Waals surface area contributed by atoms with E-state index in [1.807, 2.05) is 0 Å². The molecule has 0 heterocycles. The Morgan fingerprint density at radius 3 is 2.44 bits per heavy atom. The van der Waals surface area contributed by atoms with Crippen molar-refractivity contribution in [2.24, 2.45) is 16.7 Å². The third-order valence-corrected chi connectivity index (χ3v) is 6.15. The van der Waals surface area contributed by atoms with Crippen LogP contribution in [0.4, 0.5) is 0 Å². The van der Waals surface area contributed by atoms with E-state index in [1.54, 1.807) is 0 Å². The number of rotatable bonds is 6. The van der Waals surface area contributed by atoms with Crippen molar-refractivity contribution in [2.45, 2.75) is 72.5 Å². The van der Waals surface area contributed by atoms with Crippen molar-refractivity contribution in [2.75, 3.05) is 13.1 Å². The van der Waals surface area contributed by atoms with Gasteiger partial charge in [-0.05, 0) is 49.0 Å². The van der Waals surface area contributed by atoms with E-state index >= 15 is 0 Å². The predicted molar refractivity (Wildman–Crippen MR) is 76.7 cm³/mol. The zero-order valence-corrected chi connectivity index (χ0v) is 12.9. The highest BCUT2D eigenvalue weighted by atomic mass is 16.5. The highest BCUT2D eigenvalue weighted by Gasteiger charge is 2.62. The third-order valence-electron chi connectivity index (χ3n) is 6.15. The zero-order chi connectivity index (χ0) is 13.4. The summed E-state index contributed by atoms with van der Waals surface area (Å²) in [5.41, 5.74) is 0.867. The third kappa shape index (κ3) is 2.12. The summed E-state index contributed by atoms with van der Waals surface area (Å²) in [5, 5.41) is 3.43. The van der Waals surface area contributed by atoms with Gasteiger partial charge in [-0.25, -0.2) is 0 Å². The molecule has 4 unspecified atom stereocenters. The van der Waals surface area contributed by atoms with Gasteiger partial charge in [0.1, 0.15) is 0 Å². The Morgan fingerprint density at radius 1 is 1.28 bits per heavy atom. The summed E-state index contributed by atoms with van der Waals surface area (Å²) in [6.07, 6.45) is 6.04. The Bertz CT molecular complexity index is 289. The van der Waals surface area contributed by atoms with Crippen LogP contribution in [0.2, 0.25) is 0 Å². The number of hydrogen-bond donors (Lipinski definition) is 1. The largest absolute Gasteiger partial charge is 0.373 e. The first kappa shape index (κ1) is 14.3. The van der Waals surface area contributed by atoms with E-state index in [0.717, 1.165) is 25.4 Å². The molecule has 0 amide bonds. The van der Waals surface area contributed by atoms with Crippen LogP contribution in [-0.2, 0) is 4.74 Å². The average Bonchev–Trinajstić information content (AvgIpc) is 2.67. The summed E-state index contributed by atoms with van der Waals surface area (Å²) in [6.45, 7) is 13.8. The molecule has 4 atom stereocenters. The van der Waals surface area contributed by atoms with Crippen LogP contribution < -0.4 is 5.32 Å². The molecule has 0 aliphatic heterocycles. The first-order valence-corrected chi connectivity index (χ1v) is 7.81. The highest BCUT2D eigenvalue weighted by Crippen LogP contribution is 2.66. The van der Waals surface area contributed by atoms with E-state index in [9.17, 15) is 0 Å². The molecular weight excluding hydrogens is 222 g/mol. The van der Waals surface area contributed by atoms with Gasteiger partial charge in [-0.15, -0.1) is 0 Å². The molecule has 2 aliphatic carbocycles. The topological polar surface area (TPSA) is 21.3 Å². The van der Waals surface area contributed by atoms with Crippen molar-refractivity contribution in [3.8, 4) is 0 Å². The Labute approximate surface area is 113 Å². The number of ether oxygens (including phenoxy) is 1. The fourth-order valence-electron chi connectivity index (χ4n) is 4.16. The molecule has 2 rings (SSSR count). The summed E-state index contributed by atoms with van der Waals surface area (Å²) in [6, 6.07) is 0. The van der Waals surface area contributed by atoms with E-state index in [0.29, 0.717) is 23.0 Å². The Hall–Kier alpha value is -0.0800. The van der Waals surface area contributed by atoms with Crippen LogP contribution in [0.3, 0.4) is 0 Å². The van der Waals surface area contributed by atoms with Gasteiger partial charge in [-0.1, -0.05) is 34.6 Å². The van der Waals surface area contributed by atoms with Gasteiger partial charge in [0, 0.05) is 6.54 Å². The molecule has 2 nitrogen and oxygen atoms in total. The number of fused-ring (bicyclic) bond motifs is 2. The molecule has 0 spiro atoms. The monoisotopic (exact) mass is 253 g/mol. The second-order valence-electron chi connectivity index (χ2n) is 7.07. The van der Waals surface area contributed by atoms with Crippen LogP contribution in [0.25, 0.3) is 0 Å². The summed E-state index contributed by atoms with van der Waals surface area (Å²) in [4.78, 5) is 0. The average molecular weight is 253 g/mol. The molecule has 2 bridgehead atoms. The number of nitrogens with one attached hydrogen (secondary N) is 1. The molecule has 0 radical (unpaired) electrons. The van der Waals surface area contributed by atoms with Crippen molar-refractivity contribution in [1.82, 2.24) is 5.32 Å². The van der Waals surface area contributed by atoms with Crippen molar-refractivity contribution >= 4 is 0 Å². The van der Waals surface area contributed by atoms with Crippen LogP contribution in [-0.4, -0.2) is 25.3 Å². The van der Waals surface area contributed by atoms with Gasteiger partial charge >= 0.3 is 0 Å². The number of likely N-dealkylation sites (N-methyl/N-ethyl adjacent to an activating group) is 1. The summed E-state index contributed by atoms with van der Waals surface area (Å²) < 4.78 is 6.47. The molecule has 1 N–H and O–H groups in total. The smallest absolute Gasteiger partial charge is 0.0700 e. The molecular formula is C16H31NO. The highest BCUT2D eigenvalue weighted by molar-refractivity contribution is 5.11. The number of hydrogen-bond acceptors (Lipinski definition) is 2. The maximum absolute atomic E-state index is 6.47. The fourth-order valence-corrected chi connectivity index (χ4v) is 4.16. The maximum Gasteiger partial charge on any atom is 0.0700 e. The molecule has 2 fully saturated rings. The van der Waals surface area contributed by atoms with Gasteiger partial charge in [-0.2, -0.15) is 0 Å². The lowest BCUT2D eigenvalue weighted by molar-refractivity contribution is -0.0860. The predicted octanol–water partition coefficient (Wildman–Crippen LogP) is 3.61. The van der Waals surface area contributed by atoms with Crippen molar-refractivity contribution in [1.29, 1.82) is 0 Å². The first-order valence-electron chi connectivity index (χ1n) is 7.81. The molecule has 2 saturated carbocycles. The lowest BCUT2D eigenvalue weighted by atomic mass is 9.70. The van der Waals surface area contributed by atoms with Crippen molar-refractivity contribution in [3.05, 3.63) is 0 Å². The van der Waals surface area contributed by atoms with E-state index in [1.165, 1.54) is 19.3 Å². The minimum Gasteiger partial charge on any atom is -0.373 e. The second kappa shape index (κ2) is 5.13. The fraction of sp³-hybridized carbons (Fsp3) is 1.00. The quantitative estimate of drug-likeness (QED) is 0.781. The second-order valence-corrected chi connectivity index (χ2v) is 7.07. The Balaban J connectivity index is 1.99. The van der Waals surface area contributed by atoms with Gasteiger partial charge in [-0.3, -0.25) is 0 Å². The first-order chi connectivity index (χ1) is 8.45. The van der Waals surface area contributed by atoms with Crippen molar-refractivity contribution in [3.63, 3.8) is 0 Å². The Kier molecular flexibility index (Phi) is 4.08. The summed E-state index contributed by atoms with van der Waals surface area (Å²) in [7, 11) is 0. The van der Waals surface area contributed by atoms with E-state index in [4.69, 9.17) is 4.74 Å². The van der Waals surface area contributed by atoms with Gasteiger partial charge in [0.2, 0.25) is 0 Å². The lowest BCUT2D eigenvalue weighted by Crippen LogP contribution is -2.41. The summed E-state index contributed by atoms with van der Waals surface area (Å²) in [5.74, 6) is 0.879. The molecule has 18 heavy (non-hydrogen) atoms. The van der Waals surface area contributed by atoms with E-state index in [-0.39, 0.29) is 0 Å². The standard InChI is InChI=1S/C16H31NO/c1-6-13(11-17-7-2)18-14-10-12-8-9-16(14,5)15(12,3)4/h12-14,17H,6-11H2,1-5H3. The van der Waals surface area contributed by atoms with Gasteiger partial charge in [0.15, 0.2) is 0 Å². The minimum absolute atomic E-state index is 0.391. The van der Waals surface area contributed by atoms with Gasteiger partial charge in [0.05, 0.1) is 12.2 Å². The zero-order valence-electron chi connectivity index (χ0n) is 12.9. The normalized spacial score (nSPS) is 39.2. The van der Waals surface area contributed by atoms with Crippen LogP contribution in [0, 0.1) is 16.7 Å². The van der Waals surface area contributed by atoms with Crippen LogP contribution in [0.15, 0.2) is 0 Å². The van der Waals surface area contributed by atoms with Crippen LogP contribution >= 0.6 is 0 Å². The van der Waals surface area contributed by atoms with Crippen molar-refractivity contribution < 1.29 is 4.74 Å². The summed E-state index contributed by atoms with van der Waals surface area (Å²) >= 11 is 0. The maximum atomic E-state index is 6.47. The van der Waals surface area contributed by atoms with E-state index in [2.05, 4.69) is 39.9 Å². The molecule has 0 saturated heterocycles. The van der Waals surface area contributed by atoms with Gasteiger partial charge in [0.25, 0.3) is 0 Å². The lowest BCUT2D eigenvalue weighted by Gasteiger charge is -2.40. The molecule has 2 aliphatic rings. The van der Waals surface area contributed by atoms with E-state index < -0.39 is 0 Å². The SMILES string of the molecule is CCNCC(CC)OC1CC2CCC1(C)C2(C)C. The Morgan fingerprint density at radius 2 is 2.00 bits per heavy atom. The molecule has 106 valence electrons.